The Labute approximate surface area is 162 Å². The smallest absolute Gasteiger partial charge is 0.475 e. The van der Waals surface area contributed by atoms with Crippen molar-refractivity contribution in [1.82, 2.24) is 9.21 Å². The van der Waals surface area contributed by atoms with E-state index >= 15 is 0 Å². The van der Waals surface area contributed by atoms with Crippen molar-refractivity contribution in [3.8, 4) is 0 Å². The summed E-state index contributed by atoms with van der Waals surface area (Å²) in [6.45, 7) is 5.64. The van der Waals surface area contributed by atoms with Crippen molar-refractivity contribution in [2.24, 2.45) is 0 Å². The molecule has 28 heavy (non-hydrogen) atoms. The lowest BCUT2D eigenvalue weighted by Gasteiger charge is -2.41. The number of morpholine rings is 1. The number of nitrogens with zero attached hydrogens (tertiary/aromatic N) is 2. The zero-order valence-corrected chi connectivity index (χ0v) is 16.6. The molecule has 2 atom stereocenters. The predicted octanol–water partition coefficient (Wildman–Crippen LogP) is 0.925. The van der Waals surface area contributed by atoms with Gasteiger partial charge in [0.1, 0.15) is 0 Å². The average Bonchev–Trinajstić information content (AvgIpc) is 2.99. The molecule has 3 fully saturated rings. The Balaban J connectivity index is 0.000000345. The van der Waals surface area contributed by atoms with Gasteiger partial charge in [-0.05, 0) is 25.7 Å². The minimum Gasteiger partial charge on any atom is -0.475 e. The monoisotopic (exact) mass is 432 g/mol. The van der Waals surface area contributed by atoms with Crippen molar-refractivity contribution in [2.75, 3.05) is 52.2 Å². The van der Waals surface area contributed by atoms with E-state index in [1.54, 1.807) is 4.31 Å². The number of aliphatic carboxylic acids is 1. The molecule has 0 bridgehead atoms. The van der Waals surface area contributed by atoms with Crippen LogP contribution in [0.5, 0.6) is 0 Å². The molecule has 0 aromatic carbocycles. The number of hydrogen-bond acceptors (Lipinski definition) is 6. The molecule has 3 saturated heterocycles. The second-order valence-electron chi connectivity index (χ2n) is 7.38. The van der Waals surface area contributed by atoms with E-state index in [1.807, 2.05) is 0 Å². The molecule has 0 aromatic rings. The van der Waals surface area contributed by atoms with Gasteiger partial charge in [0.25, 0.3) is 0 Å². The molecule has 1 spiro atoms. The number of ether oxygens (including phenoxy) is 2. The average molecular weight is 432 g/mol. The van der Waals surface area contributed by atoms with Crippen molar-refractivity contribution in [1.29, 1.82) is 0 Å². The summed E-state index contributed by atoms with van der Waals surface area (Å²) < 4.78 is 68.5. The van der Waals surface area contributed by atoms with Crippen LogP contribution in [0.4, 0.5) is 13.2 Å². The van der Waals surface area contributed by atoms with Crippen molar-refractivity contribution >= 4 is 16.0 Å². The van der Waals surface area contributed by atoms with E-state index in [9.17, 15) is 21.6 Å². The van der Waals surface area contributed by atoms with Gasteiger partial charge in [0.2, 0.25) is 10.0 Å². The molecular weight excluding hydrogens is 405 g/mol. The second-order valence-corrected chi connectivity index (χ2v) is 9.36. The lowest BCUT2D eigenvalue weighted by molar-refractivity contribution is -0.192. The lowest BCUT2D eigenvalue weighted by Crippen LogP contribution is -2.49. The van der Waals surface area contributed by atoms with Crippen LogP contribution in [-0.4, -0.2) is 98.8 Å². The first-order chi connectivity index (χ1) is 12.9. The van der Waals surface area contributed by atoms with Gasteiger partial charge in [0.05, 0.1) is 31.2 Å². The molecule has 1 N–H and O–H groups in total. The third-order valence-electron chi connectivity index (χ3n) is 5.13. The predicted molar refractivity (Wildman–Crippen MR) is 93.4 cm³/mol. The van der Waals surface area contributed by atoms with Crippen LogP contribution < -0.4 is 0 Å². The summed E-state index contributed by atoms with van der Waals surface area (Å²) in [4.78, 5) is 11.3. The standard InChI is InChI=1S/C14H26N2O4S.C2HF3O2/c1-21(17,18)16-6-5-14(12-16)4-2-3-13(20-14)11-15-7-9-19-10-8-15;3-2(4,5)1(6)7/h13H,2-12H2,1H3;(H,6,7)/t13-,14-;/m1./s1. The SMILES string of the molecule is CS(=O)(=O)N1CC[C@]2(CCC[C@H](CN3CCOCC3)O2)C1.O=C(O)C(F)(F)F. The Morgan fingerprint density at radius 1 is 1.21 bits per heavy atom. The summed E-state index contributed by atoms with van der Waals surface area (Å²) in [5.41, 5.74) is -0.238. The van der Waals surface area contributed by atoms with Gasteiger partial charge >= 0.3 is 12.1 Å². The van der Waals surface area contributed by atoms with Gasteiger partial charge < -0.3 is 14.6 Å². The maximum atomic E-state index is 11.7. The highest BCUT2D eigenvalue weighted by Crippen LogP contribution is 2.37. The molecule has 0 aliphatic carbocycles. The molecule has 0 amide bonds. The summed E-state index contributed by atoms with van der Waals surface area (Å²) in [6.07, 6.45) is 0.472. The van der Waals surface area contributed by atoms with Crippen LogP contribution in [0.25, 0.3) is 0 Å². The zero-order chi connectivity index (χ0) is 21.0. The Kier molecular flexibility index (Phi) is 7.70. The van der Waals surface area contributed by atoms with Gasteiger partial charge in [0.15, 0.2) is 0 Å². The Hall–Kier alpha value is -0.950. The van der Waals surface area contributed by atoms with Gasteiger partial charge in [0, 0.05) is 32.7 Å². The Bertz CT molecular complexity index is 639. The summed E-state index contributed by atoms with van der Waals surface area (Å²) in [5.74, 6) is -2.76. The molecular formula is C16H27F3N2O6S. The van der Waals surface area contributed by atoms with Crippen LogP contribution in [0.2, 0.25) is 0 Å². The van der Waals surface area contributed by atoms with Gasteiger partial charge in [-0.25, -0.2) is 13.2 Å². The van der Waals surface area contributed by atoms with Crippen LogP contribution >= 0.6 is 0 Å². The van der Waals surface area contributed by atoms with Crippen molar-refractivity contribution in [3.05, 3.63) is 0 Å². The molecule has 3 aliphatic rings. The van der Waals surface area contributed by atoms with Gasteiger partial charge in [-0.2, -0.15) is 17.5 Å². The number of carbonyl (C=O) groups is 1. The first kappa shape index (κ1) is 23.3. The molecule has 12 heteroatoms. The highest BCUT2D eigenvalue weighted by Gasteiger charge is 2.45. The number of sulfonamides is 1. The summed E-state index contributed by atoms with van der Waals surface area (Å²) in [6, 6.07) is 0. The normalized spacial score (nSPS) is 30.1. The second kappa shape index (κ2) is 9.24. The van der Waals surface area contributed by atoms with Crippen LogP contribution in [0, 0.1) is 0 Å². The number of carboxylic acids is 1. The first-order valence-corrected chi connectivity index (χ1v) is 11.0. The number of rotatable bonds is 3. The van der Waals surface area contributed by atoms with E-state index < -0.39 is 22.2 Å². The fraction of sp³-hybridized carbons (Fsp3) is 0.938. The fourth-order valence-electron chi connectivity index (χ4n) is 3.71. The number of hydrogen-bond donors (Lipinski definition) is 1. The number of carboxylic acid groups (broad SMARTS) is 1. The number of alkyl halides is 3. The highest BCUT2D eigenvalue weighted by atomic mass is 32.2. The molecule has 0 aromatic heterocycles. The van der Waals surface area contributed by atoms with E-state index in [0.29, 0.717) is 13.1 Å². The van der Waals surface area contributed by atoms with Crippen molar-refractivity contribution in [3.63, 3.8) is 0 Å². The first-order valence-electron chi connectivity index (χ1n) is 9.14. The Morgan fingerprint density at radius 3 is 2.32 bits per heavy atom. The molecule has 0 unspecified atom stereocenters. The molecule has 164 valence electrons. The minimum absolute atomic E-state index is 0.233. The molecule has 0 radical (unpaired) electrons. The minimum atomic E-state index is -5.08. The maximum Gasteiger partial charge on any atom is 0.490 e. The van der Waals surface area contributed by atoms with Crippen LogP contribution in [0.15, 0.2) is 0 Å². The Morgan fingerprint density at radius 2 is 1.82 bits per heavy atom. The summed E-state index contributed by atoms with van der Waals surface area (Å²) in [5, 5.41) is 7.12. The molecule has 3 aliphatic heterocycles. The van der Waals surface area contributed by atoms with Crippen LogP contribution in [0.1, 0.15) is 25.7 Å². The molecule has 8 nitrogen and oxygen atoms in total. The highest BCUT2D eigenvalue weighted by molar-refractivity contribution is 7.88. The van der Waals surface area contributed by atoms with Gasteiger partial charge in [-0.3, -0.25) is 4.90 Å². The lowest BCUT2D eigenvalue weighted by atomic mass is 9.90. The quantitative estimate of drug-likeness (QED) is 0.709. The van der Waals surface area contributed by atoms with Gasteiger partial charge in [-0.15, -0.1) is 0 Å². The third-order valence-corrected chi connectivity index (χ3v) is 6.38. The fourth-order valence-corrected chi connectivity index (χ4v) is 4.61. The van der Waals surface area contributed by atoms with Crippen LogP contribution in [0.3, 0.4) is 0 Å². The van der Waals surface area contributed by atoms with E-state index in [2.05, 4.69) is 4.90 Å². The molecule has 3 heterocycles. The van der Waals surface area contributed by atoms with Crippen molar-refractivity contribution < 1.29 is 41.0 Å². The summed E-state index contributed by atoms with van der Waals surface area (Å²) >= 11 is 0. The van der Waals surface area contributed by atoms with Crippen molar-refractivity contribution in [2.45, 2.75) is 43.6 Å². The largest absolute Gasteiger partial charge is 0.490 e. The third kappa shape index (κ3) is 6.83. The maximum absolute atomic E-state index is 11.7. The van der Waals surface area contributed by atoms with E-state index in [0.717, 1.165) is 58.5 Å². The molecule has 0 saturated carbocycles. The zero-order valence-electron chi connectivity index (χ0n) is 15.8. The van der Waals surface area contributed by atoms with E-state index in [4.69, 9.17) is 19.4 Å². The van der Waals surface area contributed by atoms with Crippen LogP contribution in [-0.2, 0) is 24.3 Å². The number of halogens is 3. The van der Waals surface area contributed by atoms with Gasteiger partial charge in [-0.1, -0.05) is 0 Å². The molecule has 3 rings (SSSR count). The topological polar surface area (TPSA) is 96.4 Å². The summed E-state index contributed by atoms with van der Waals surface area (Å²) in [7, 11) is -3.10. The van der Waals surface area contributed by atoms with E-state index in [-0.39, 0.29) is 11.7 Å². The van der Waals surface area contributed by atoms with E-state index in [1.165, 1.54) is 6.26 Å².